The molecule has 2 aromatic carbocycles. The van der Waals surface area contributed by atoms with Crippen molar-refractivity contribution in [1.82, 2.24) is 0 Å². The Hall–Kier alpha value is -2.47. The van der Waals surface area contributed by atoms with Gasteiger partial charge in [-0.3, -0.25) is 10.1 Å². The fraction of sp³-hybridized carbons (Fsp3) is 0.250. The number of aryl methyl sites for hydroxylation is 1. The molecule has 0 saturated heterocycles. The van der Waals surface area contributed by atoms with Crippen LogP contribution >= 0.6 is 11.6 Å². The van der Waals surface area contributed by atoms with Crippen LogP contribution in [0.1, 0.15) is 25.3 Å². The minimum Gasteiger partial charge on any atom is -0.506 e. The molecule has 1 N–H and O–H groups in total. The van der Waals surface area contributed by atoms with Crippen LogP contribution in [0.15, 0.2) is 46.6 Å². The number of phenolic OH excluding ortho intramolecular Hbond substituents is 1. The summed E-state index contributed by atoms with van der Waals surface area (Å²) in [5.74, 6) is -0.0226. The number of phenols is 1. The Balaban J connectivity index is 2.31. The predicted molar refractivity (Wildman–Crippen MR) is 89.0 cm³/mol. The first-order valence-electron chi connectivity index (χ1n) is 7.19. The number of hydrogen-bond acceptors (Lipinski definition) is 5. The highest BCUT2D eigenvalue weighted by molar-refractivity contribution is 6.30. The molecule has 0 aliphatic heterocycles. The van der Waals surface area contributed by atoms with Gasteiger partial charge in [-0.05, 0) is 42.7 Å². The zero-order valence-electron chi connectivity index (χ0n) is 12.6. The standard InChI is InChI=1S/C16H16ClN3O3/c1-2-3-4-11-5-8-16(21)14(9-11)19-18-13-7-6-12(17)10-15(13)20(22)23/h5-10,21H,2-4H2,1H3. The lowest BCUT2D eigenvalue weighted by molar-refractivity contribution is -0.384. The fourth-order valence-electron chi connectivity index (χ4n) is 2.02. The number of unbranched alkanes of at least 4 members (excludes halogenated alkanes) is 1. The van der Waals surface area contributed by atoms with Crippen molar-refractivity contribution >= 4 is 28.7 Å². The molecule has 0 fully saturated rings. The van der Waals surface area contributed by atoms with Crippen LogP contribution < -0.4 is 0 Å². The van der Waals surface area contributed by atoms with Crippen LogP contribution in [-0.4, -0.2) is 10.0 Å². The van der Waals surface area contributed by atoms with Gasteiger partial charge in [0.2, 0.25) is 0 Å². The Bertz CT molecular complexity index is 747. The second kappa shape index (κ2) is 7.69. The third-order valence-corrected chi connectivity index (χ3v) is 3.49. The Morgan fingerprint density at radius 2 is 1.91 bits per heavy atom. The van der Waals surface area contributed by atoms with Gasteiger partial charge in [0.15, 0.2) is 5.69 Å². The predicted octanol–water partition coefficient (Wildman–Crippen LogP) is 5.71. The summed E-state index contributed by atoms with van der Waals surface area (Å²) in [6.07, 6.45) is 2.97. The molecule has 0 amide bonds. The van der Waals surface area contributed by atoms with E-state index in [-0.39, 0.29) is 27.8 Å². The van der Waals surface area contributed by atoms with Crippen molar-refractivity contribution in [2.24, 2.45) is 10.2 Å². The van der Waals surface area contributed by atoms with Gasteiger partial charge >= 0.3 is 0 Å². The summed E-state index contributed by atoms with van der Waals surface area (Å²) in [4.78, 5) is 10.4. The van der Waals surface area contributed by atoms with E-state index in [9.17, 15) is 15.2 Å². The molecule has 0 spiro atoms. The van der Waals surface area contributed by atoms with Crippen LogP contribution in [0.25, 0.3) is 0 Å². The van der Waals surface area contributed by atoms with Crippen molar-refractivity contribution in [2.75, 3.05) is 0 Å². The number of halogens is 1. The molecular weight excluding hydrogens is 318 g/mol. The van der Waals surface area contributed by atoms with Crippen LogP contribution in [0.2, 0.25) is 5.02 Å². The van der Waals surface area contributed by atoms with E-state index in [1.165, 1.54) is 18.2 Å². The first-order chi connectivity index (χ1) is 11.0. The highest BCUT2D eigenvalue weighted by atomic mass is 35.5. The van der Waals surface area contributed by atoms with Gasteiger partial charge in [-0.2, -0.15) is 0 Å². The third-order valence-electron chi connectivity index (χ3n) is 3.26. The maximum atomic E-state index is 11.0. The third kappa shape index (κ3) is 4.50. The van der Waals surface area contributed by atoms with Gasteiger partial charge in [0.25, 0.3) is 5.69 Å². The summed E-state index contributed by atoms with van der Waals surface area (Å²) in [6.45, 7) is 2.10. The Kier molecular flexibility index (Phi) is 5.65. The Morgan fingerprint density at radius 1 is 1.17 bits per heavy atom. The van der Waals surface area contributed by atoms with Crippen molar-refractivity contribution in [2.45, 2.75) is 26.2 Å². The number of nitro groups is 1. The quantitative estimate of drug-likeness (QED) is 0.417. The summed E-state index contributed by atoms with van der Waals surface area (Å²) in [7, 11) is 0. The summed E-state index contributed by atoms with van der Waals surface area (Å²) < 4.78 is 0. The lowest BCUT2D eigenvalue weighted by Crippen LogP contribution is -1.88. The van der Waals surface area contributed by atoms with E-state index in [1.54, 1.807) is 12.1 Å². The molecule has 0 atom stereocenters. The monoisotopic (exact) mass is 333 g/mol. The number of nitro benzene ring substituents is 1. The van der Waals surface area contributed by atoms with Crippen LogP contribution in [0.4, 0.5) is 17.1 Å². The molecule has 0 unspecified atom stereocenters. The van der Waals surface area contributed by atoms with Gasteiger partial charge < -0.3 is 5.11 Å². The first-order valence-corrected chi connectivity index (χ1v) is 7.56. The van der Waals surface area contributed by atoms with E-state index in [1.807, 2.05) is 6.07 Å². The van der Waals surface area contributed by atoms with E-state index in [0.717, 1.165) is 24.8 Å². The first kappa shape index (κ1) is 16.9. The molecular formula is C16H16ClN3O3. The molecule has 0 aromatic heterocycles. The van der Waals surface area contributed by atoms with Crippen LogP contribution in [0.3, 0.4) is 0 Å². The molecule has 6 nitrogen and oxygen atoms in total. The zero-order valence-corrected chi connectivity index (χ0v) is 13.3. The van der Waals surface area contributed by atoms with Crippen molar-refractivity contribution < 1.29 is 10.0 Å². The molecule has 2 rings (SSSR count). The average Bonchev–Trinajstić information content (AvgIpc) is 2.53. The largest absolute Gasteiger partial charge is 0.506 e. The van der Waals surface area contributed by atoms with E-state index < -0.39 is 4.92 Å². The van der Waals surface area contributed by atoms with Gasteiger partial charge in [0, 0.05) is 11.1 Å². The van der Waals surface area contributed by atoms with E-state index in [0.29, 0.717) is 0 Å². The van der Waals surface area contributed by atoms with Crippen molar-refractivity contribution in [1.29, 1.82) is 0 Å². The smallest absolute Gasteiger partial charge is 0.298 e. The second-order valence-corrected chi connectivity index (χ2v) is 5.45. The summed E-state index contributed by atoms with van der Waals surface area (Å²) in [6, 6.07) is 9.25. The number of rotatable bonds is 6. The number of aromatic hydroxyl groups is 1. The van der Waals surface area contributed by atoms with Crippen LogP contribution in [0, 0.1) is 10.1 Å². The van der Waals surface area contributed by atoms with Gasteiger partial charge in [0.05, 0.1) is 4.92 Å². The Morgan fingerprint density at radius 3 is 2.61 bits per heavy atom. The van der Waals surface area contributed by atoms with Gasteiger partial charge in [-0.1, -0.05) is 31.0 Å². The zero-order chi connectivity index (χ0) is 16.8. The summed E-state index contributed by atoms with van der Waals surface area (Å²) in [5, 5.41) is 29.0. The molecule has 2 aromatic rings. The van der Waals surface area contributed by atoms with E-state index in [4.69, 9.17) is 11.6 Å². The number of hydrogen-bond donors (Lipinski definition) is 1. The molecule has 0 aliphatic rings. The second-order valence-electron chi connectivity index (χ2n) is 5.02. The summed E-state index contributed by atoms with van der Waals surface area (Å²) in [5.41, 5.74) is 1.16. The topological polar surface area (TPSA) is 88.1 Å². The van der Waals surface area contributed by atoms with Crippen molar-refractivity contribution in [3.63, 3.8) is 0 Å². The van der Waals surface area contributed by atoms with Gasteiger partial charge in [-0.25, -0.2) is 0 Å². The highest BCUT2D eigenvalue weighted by Gasteiger charge is 2.14. The lowest BCUT2D eigenvalue weighted by Gasteiger charge is -2.03. The normalized spacial score (nSPS) is 11.0. The maximum Gasteiger partial charge on any atom is 0.298 e. The molecule has 120 valence electrons. The fourth-order valence-corrected chi connectivity index (χ4v) is 2.19. The van der Waals surface area contributed by atoms with Crippen LogP contribution in [-0.2, 0) is 6.42 Å². The van der Waals surface area contributed by atoms with Crippen LogP contribution in [0.5, 0.6) is 5.75 Å². The van der Waals surface area contributed by atoms with E-state index >= 15 is 0 Å². The Labute approximate surface area is 138 Å². The molecule has 7 heteroatoms. The molecule has 0 heterocycles. The number of nitrogens with zero attached hydrogens (tertiary/aromatic N) is 3. The number of azo groups is 1. The molecule has 0 bridgehead atoms. The number of benzene rings is 2. The van der Waals surface area contributed by atoms with Gasteiger partial charge in [-0.15, -0.1) is 10.2 Å². The maximum absolute atomic E-state index is 11.0. The van der Waals surface area contributed by atoms with Crippen molar-refractivity contribution in [3.8, 4) is 5.75 Å². The molecule has 0 aliphatic carbocycles. The average molecular weight is 334 g/mol. The minimum atomic E-state index is -0.572. The van der Waals surface area contributed by atoms with Crippen molar-refractivity contribution in [3.05, 3.63) is 57.1 Å². The van der Waals surface area contributed by atoms with E-state index in [2.05, 4.69) is 17.2 Å². The molecule has 0 radical (unpaired) electrons. The highest BCUT2D eigenvalue weighted by Crippen LogP contribution is 2.34. The molecule has 0 saturated carbocycles. The lowest BCUT2D eigenvalue weighted by atomic mass is 10.1. The summed E-state index contributed by atoms with van der Waals surface area (Å²) >= 11 is 5.76. The molecule has 23 heavy (non-hydrogen) atoms. The van der Waals surface area contributed by atoms with Gasteiger partial charge in [0.1, 0.15) is 11.4 Å². The SMILES string of the molecule is CCCCc1ccc(O)c(N=Nc2ccc(Cl)cc2[N+](=O)[O-])c1. The minimum absolute atomic E-state index is 0.0226.